The molecule has 0 atom stereocenters. The minimum Gasteiger partial charge on any atom is -0.353 e. The maximum atomic E-state index is 12.6. The molecule has 1 aromatic carbocycles. The van der Waals surface area contributed by atoms with Gasteiger partial charge in [0.25, 0.3) is 5.91 Å². The van der Waals surface area contributed by atoms with Crippen LogP contribution in [0.15, 0.2) is 60.8 Å². The lowest BCUT2D eigenvalue weighted by atomic mass is 10.2. The van der Waals surface area contributed by atoms with Crippen molar-refractivity contribution in [1.29, 1.82) is 0 Å². The van der Waals surface area contributed by atoms with Gasteiger partial charge in [0.1, 0.15) is 11.5 Å². The van der Waals surface area contributed by atoms with Gasteiger partial charge < -0.3 is 15.1 Å². The van der Waals surface area contributed by atoms with Crippen molar-refractivity contribution in [2.45, 2.75) is 6.92 Å². The van der Waals surface area contributed by atoms with E-state index in [1.807, 2.05) is 61.7 Å². The Morgan fingerprint density at radius 2 is 1.64 bits per heavy atom. The van der Waals surface area contributed by atoms with Crippen LogP contribution < -0.4 is 15.1 Å². The molecule has 0 aliphatic carbocycles. The third-order valence-electron chi connectivity index (χ3n) is 4.64. The maximum absolute atomic E-state index is 12.6. The summed E-state index contributed by atoms with van der Waals surface area (Å²) < 4.78 is 0. The number of aromatic nitrogens is 3. The lowest BCUT2D eigenvalue weighted by Gasteiger charge is -2.35. The Labute approximate surface area is 164 Å². The molecule has 28 heavy (non-hydrogen) atoms. The number of hydrogen-bond acceptors (Lipinski definition) is 6. The first-order valence-electron chi connectivity index (χ1n) is 9.32. The Kier molecular flexibility index (Phi) is 5.14. The van der Waals surface area contributed by atoms with E-state index in [2.05, 4.69) is 30.1 Å². The van der Waals surface area contributed by atoms with E-state index in [4.69, 9.17) is 0 Å². The van der Waals surface area contributed by atoms with Crippen LogP contribution in [-0.4, -0.2) is 47.0 Å². The molecular formula is C21H22N6O. The number of anilines is 3. The molecule has 0 saturated carbocycles. The van der Waals surface area contributed by atoms with Crippen molar-refractivity contribution in [2.75, 3.05) is 41.3 Å². The van der Waals surface area contributed by atoms with Crippen molar-refractivity contribution in [2.24, 2.45) is 0 Å². The maximum Gasteiger partial charge on any atom is 0.274 e. The number of carbonyl (C=O) groups is 1. The van der Waals surface area contributed by atoms with Gasteiger partial charge in [0.05, 0.1) is 0 Å². The highest BCUT2D eigenvalue weighted by atomic mass is 16.1. The number of amides is 1. The third kappa shape index (κ3) is 4.09. The second-order valence-electron chi connectivity index (χ2n) is 6.68. The summed E-state index contributed by atoms with van der Waals surface area (Å²) in [6, 6.07) is 17.0. The molecule has 2 aromatic heterocycles. The fraction of sp³-hybridized carbons (Fsp3) is 0.238. The van der Waals surface area contributed by atoms with E-state index in [0.717, 1.165) is 43.4 Å². The average Bonchev–Trinajstić information content (AvgIpc) is 2.75. The summed E-state index contributed by atoms with van der Waals surface area (Å²) in [5.41, 5.74) is 1.89. The molecular weight excluding hydrogens is 352 g/mol. The quantitative estimate of drug-likeness (QED) is 0.757. The van der Waals surface area contributed by atoms with Crippen molar-refractivity contribution < 1.29 is 4.79 Å². The highest BCUT2D eigenvalue weighted by Crippen LogP contribution is 2.17. The number of para-hydroxylation sites is 1. The van der Waals surface area contributed by atoms with Crippen molar-refractivity contribution in [3.63, 3.8) is 0 Å². The largest absolute Gasteiger partial charge is 0.353 e. The summed E-state index contributed by atoms with van der Waals surface area (Å²) in [7, 11) is 0. The summed E-state index contributed by atoms with van der Waals surface area (Å²) in [5.74, 6) is 1.35. The minimum atomic E-state index is -0.231. The van der Waals surface area contributed by atoms with E-state index in [9.17, 15) is 4.79 Å². The Morgan fingerprint density at radius 3 is 2.36 bits per heavy atom. The number of pyridine rings is 1. The fourth-order valence-electron chi connectivity index (χ4n) is 3.20. The first-order valence-corrected chi connectivity index (χ1v) is 9.32. The number of nitrogens with zero attached hydrogens (tertiary/aromatic N) is 5. The molecule has 1 aliphatic rings. The molecule has 1 fully saturated rings. The smallest absolute Gasteiger partial charge is 0.274 e. The van der Waals surface area contributed by atoms with Crippen molar-refractivity contribution >= 4 is 23.4 Å². The molecule has 3 aromatic rings. The lowest BCUT2D eigenvalue weighted by molar-refractivity contribution is 0.102. The number of rotatable bonds is 4. The molecule has 0 radical (unpaired) electrons. The molecule has 1 amide bonds. The van der Waals surface area contributed by atoms with Gasteiger partial charge in [-0.2, -0.15) is 0 Å². The zero-order chi connectivity index (χ0) is 19.3. The van der Waals surface area contributed by atoms with Gasteiger partial charge in [-0.25, -0.2) is 15.0 Å². The van der Waals surface area contributed by atoms with E-state index in [1.54, 1.807) is 6.07 Å². The van der Waals surface area contributed by atoms with Gasteiger partial charge in [-0.15, -0.1) is 0 Å². The Hall–Kier alpha value is -3.48. The van der Waals surface area contributed by atoms with Gasteiger partial charge in [-0.3, -0.25) is 4.79 Å². The summed E-state index contributed by atoms with van der Waals surface area (Å²) in [6.07, 6.45) is 1.81. The van der Waals surface area contributed by atoms with E-state index in [-0.39, 0.29) is 5.91 Å². The van der Waals surface area contributed by atoms with E-state index in [0.29, 0.717) is 11.6 Å². The summed E-state index contributed by atoms with van der Waals surface area (Å²) in [5, 5.41) is 2.88. The number of aryl methyl sites for hydroxylation is 1. The Balaban J connectivity index is 1.46. The van der Waals surface area contributed by atoms with E-state index >= 15 is 0 Å². The molecule has 0 bridgehead atoms. The van der Waals surface area contributed by atoms with Crippen LogP contribution in [0.5, 0.6) is 0 Å². The lowest BCUT2D eigenvalue weighted by Crippen LogP contribution is -2.47. The molecule has 0 spiro atoms. The van der Waals surface area contributed by atoms with Crippen LogP contribution in [0.1, 0.15) is 16.2 Å². The van der Waals surface area contributed by atoms with Crippen LogP contribution in [0.25, 0.3) is 0 Å². The molecule has 1 aliphatic heterocycles. The summed E-state index contributed by atoms with van der Waals surface area (Å²) in [6.45, 7) is 5.11. The van der Waals surface area contributed by atoms with Crippen LogP contribution in [0.2, 0.25) is 0 Å². The number of piperazine rings is 1. The predicted octanol–water partition coefficient (Wildman–Crippen LogP) is 2.76. The van der Waals surface area contributed by atoms with Crippen LogP contribution in [0.3, 0.4) is 0 Å². The zero-order valence-electron chi connectivity index (χ0n) is 15.7. The monoisotopic (exact) mass is 374 g/mol. The number of carbonyl (C=O) groups excluding carboxylic acids is 1. The molecule has 4 rings (SSSR count). The first kappa shape index (κ1) is 17.9. The number of benzene rings is 1. The molecule has 3 heterocycles. The van der Waals surface area contributed by atoms with Crippen LogP contribution in [0.4, 0.5) is 17.5 Å². The molecule has 1 N–H and O–H groups in total. The second-order valence-corrected chi connectivity index (χ2v) is 6.68. The fourth-order valence-corrected chi connectivity index (χ4v) is 3.20. The van der Waals surface area contributed by atoms with Crippen LogP contribution in [-0.2, 0) is 0 Å². The second kappa shape index (κ2) is 8.04. The predicted molar refractivity (Wildman–Crippen MR) is 110 cm³/mol. The molecule has 142 valence electrons. The number of nitrogens with one attached hydrogen (secondary N) is 1. The summed E-state index contributed by atoms with van der Waals surface area (Å²) in [4.78, 5) is 30.4. The van der Waals surface area contributed by atoms with Crippen LogP contribution >= 0.6 is 0 Å². The SMILES string of the molecule is Cc1cc(C(=O)Nc2ccccc2)nc(N2CCN(c3ccccn3)CC2)n1. The van der Waals surface area contributed by atoms with Gasteiger partial charge in [0.2, 0.25) is 5.95 Å². The summed E-state index contributed by atoms with van der Waals surface area (Å²) >= 11 is 0. The Morgan fingerprint density at radius 1 is 0.929 bits per heavy atom. The van der Waals surface area contributed by atoms with Gasteiger partial charge in [0.15, 0.2) is 0 Å². The normalized spacial score (nSPS) is 14.0. The zero-order valence-corrected chi connectivity index (χ0v) is 15.7. The van der Waals surface area contributed by atoms with Gasteiger partial charge in [-0.1, -0.05) is 24.3 Å². The standard InChI is InChI=1S/C21H22N6O/c1-16-15-18(20(28)24-17-7-3-2-4-8-17)25-21(23-16)27-13-11-26(12-14-27)19-9-5-6-10-22-19/h2-10,15H,11-14H2,1H3,(H,24,28). The minimum absolute atomic E-state index is 0.231. The topological polar surface area (TPSA) is 74.2 Å². The third-order valence-corrected chi connectivity index (χ3v) is 4.64. The van der Waals surface area contributed by atoms with Gasteiger partial charge in [0, 0.05) is 43.8 Å². The highest BCUT2D eigenvalue weighted by Gasteiger charge is 2.21. The van der Waals surface area contributed by atoms with Crippen molar-refractivity contribution in [3.8, 4) is 0 Å². The molecule has 1 saturated heterocycles. The Bertz CT molecular complexity index is 940. The average molecular weight is 374 g/mol. The van der Waals surface area contributed by atoms with E-state index < -0.39 is 0 Å². The molecule has 7 heteroatoms. The van der Waals surface area contributed by atoms with Gasteiger partial charge >= 0.3 is 0 Å². The van der Waals surface area contributed by atoms with Crippen molar-refractivity contribution in [3.05, 3.63) is 72.2 Å². The molecule has 7 nitrogen and oxygen atoms in total. The van der Waals surface area contributed by atoms with E-state index in [1.165, 1.54) is 0 Å². The van der Waals surface area contributed by atoms with Gasteiger partial charge in [-0.05, 0) is 37.3 Å². The van der Waals surface area contributed by atoms with Crippen molar-refractivity contribution in [1.82, 2.24) is 15.0 Å². The highest BCUT2D eigenvalue weighted by molar-refractivity contribution is 6.03. The first-order chi connectivity index (χ1) is 13.7. The molecule has 0 unspecified atom stereocenters. The number of hydrogen-bond donors (Lipinski definition) is 1. The van der Waals surface area contributed by atoms with Crippen LogP contribution in [0, 0.1) is 6.92 Å².